The highest BCUT2D eigenvalue weighted by Crippen LogP contribution is 2.40. The van der Waals surface area contributed by atoms with Crippen molar-refractivity contribution < 1.29 is 31.1 Å². The van der Waals surface area contributed by atoms with E-state index in [2.05, 4.69) is 11.0 Å². The third kappa shape index (κ3) is 9.54. The predicted octanol–water partition coefficient (Wildman–Crippen LogP) is 7.47. The van der Waals surface area contributed by atoms with Gasteiger partial charge in [0, 0.05) is 37.2 Å². The van der Waals surface area contributed by atoms with Crippen LogP contribution < -0.4 is 4.90 Å². The first-order valence-electron chi connectivity index (χ1n) is 14.3. The Morgan fingerprint density at radius 3 is 2.27 bits per heavy atom. The largest absolute Gasteiger partial charge is 0.416 e. The zero-order valence-corrected chi connectivity index (χ0v) is 24.4. The fourth-order valence-electron chi connectivity index (χ4n) is 5.51. The quantitative estimate of drug-likeness (QED) is 0.198. The Hall–Kier alpha value is -3.92. The number of carbonyl (C=O) groups is 1. The molecule has 44 heavy (non-hydrogen) atoms. The van der Waals surface area contributed by atoms with Gasteiger partial charge in [-0.3, -0.25) is 20.5 Å². The Labute approximate surface area is 253 Å². The summed E-state index contributed by atoms with van der Waals surface area (Å²) in [5.41, 5.74) is 0.758. The van der Waals surface area contributed by atoms with Crippen LogP contribution >= 0.6 is 0 Å². The molecule has 0 aromatic heterocycles. The molecule has 1 aliphatic carbocycles. The minimum atomic E-state index is -4.48. The number of fused-ring (bicyclic) bond motifs is 1. The number of piperidine rings is 1. The summed E-state index contributed by atoms with van der Waals surface area (Å²) in [5.74, 6) is 0.807. The lowest BCUT2D eigenvalue weighted by Crippen LogP contribution is -2.31. The summed E-state index contributed by atoms with van der Waals surface area (Å²) in [6, 6.07) is 14.0. The van der Waals surface area contributed by atoms with Crippen LogP contribution in [0.5, 0.6) is 0 Å². The SMILES string of the molecule is CN(C=N)C(=N)CC1CC(C#N)C1.FC(F)F.O=C1c2cc(CN3CCCCC3)cc(C(F)(F)F)c2CN1c1ccccc1. The molecule has 2 aromatic carbocycles. The van der Waals surface area contributed by atoms with Gasteiger partial charge in [0.05, 0.1) is 24.5 Å². The van der Waals surface area contributed by atoms with Crippen molar-refractivity contribution in [2.24, 2.45) is 11.8 Å². The summed E-state index contributed by atoms with van der Waals surface area (Å²) in [4.78, 5) is 18.0. The van der Waals surface area contributed by atoms with E-state index in [1.165, 1.54) is 22.3 Å². The van der Waals surface area contributed by atoms with Gasteiger partial charge in [-0.2, -0.15) is 31.6 Å². The molecule has 2 fully saturated rings. The highest BCUT2D eigenvalue weighted by molar-refractivity contribution is 6.10. The molecule has 0 spiro atoms. The molecule has 2 aliphatic heterocycles. The zero-order chi connectivity index (χ0) is 32.4. The Morgan fingerprint density at radius 1 is 1.11 bits per heavy atom. The van der Waals surface area contributed by atoms with E-state index < -0.39 is 18.4 Å². The van der Waals surface area contributed by atoms with Gasteiger partial charge in [0.25, 0.3) is 5.91 Å². The van der Waals surface area contributed by atoms with Gasteiger partial charge in [-0.05, 0) is 80.1 Å². The lowest BCUT2D eigenvalue weighted by molar-refractivity contribution is -0.138. The molecular weight excluding hydrogens is 586 g/mol. The van der Waals surface area contributed by atoms with Gasteiger partial charge in [0.15, 0.2) is 0 Å². The molecule has 7 nitrogen and oxygen atoms in total. The molecule has 0 radical (unpaired) electrons. The van der Waals surface area contributed by atoms with E-state index in [1.807, 2.05) is 6.07 Å². The average Bonchev–Trinajstić information content (AvgIpc) is 3.30. The molecule has 238 valence electrons. The molecule has 0 bridgehead atoms. The number of hydrogen-bond donors (Lipinski definition) is 2. The number of amides is 1. The van der Waals surface area contributed by atoms with E-state index in [4.69, 9.17) is 16.1 Å². The number of hydrogen-bond acceptors (Lipinski definition) is 5. The van der Waals surface area contributed by atoms with Gasteiger partial charge in [-0.15, -0.1) is 0 Å². The zero-order valence-electron chi connectivity index (χ0n) is 24.4. The van der Waals surface area contributed by atoms with Gasteiger partial charge < -0.3 is 9.80 Å². The number of para-hydroxylation sites is 1. The Morgan fingerprint density at radius 2 is 1.73 bits per heavy atom. The van der Waals surface area contributed by atoms with Crippen molar-refractivity contribution in [1.82, 2.24) is 9.80 Å². The number of halogens is 6. The van der Waals surface area contributed by atoms with Crippen LogP contribution in [0.1, 0.15) is 65.6 Å². The van der Waals surface area contributed by atoms with Crippen LogP contribution in [0.15, 0.2) is 42.5 Å². The summed E-state index contributed by atoms with van der Waals surface area (Å²) < 4.78 is 70.1. The Bertz CT molecular complexity index is 1310. The van der Waals surface area contributed by atoms with Gasteiger partial charge in [-0.25, -0.2) is 0 Å². The lowest BCUT2D eigenvalue weighted by Gasteiger charge is -2.31. The molecular formula is C31H36F6N6O. The van der Waals surface area contributed by atoms with E-state index in [-0.39, 0.29) is 29.5 Å². The maximum Gasteiger partial charge on any atom is 0.416 e. The molecule has 1 saturated heterocycles. The molecule has 2 N–H and O–H groups in total. The third-order valence-corrected chi connectivity index (χ3v) is 7.85. The number of likely N-dealkylation sites (tertiary alicyclic amines) is 1. The lowest BCUT2D eigenvalue weighted by atomic mass is 9.74. The van der Waals surface area contributed by atoms with Crippen LogP contribution in [0.2, 0.25) is 0 Å². The van der Waals surface area contributed by atoms with Crippen LogP contribution in [0.25, 0.3) is 0 Å². The maximum absolute atomic E-state index is 13.7. The summed E-state index contributed by atoms with van der Waals surface area (Å²) in [5, 5.41) is 23.1. The van der Waals surface area contributed by atoms with Gasteiger partial charge in [0.2, 0.25) is 0 Å². The molecule has 0 atom stereocenters. The first kappa shape index (κ1) is 34.6. The summed E-state index contributed by atoms with van der Waals surface area (Å²) in [6.07, 6.45) is 2.51. The second kappa shape index (κ2) is 15.7. The van der Waals surface area contributed by atoms with Crippen LogP contribution in [0.4, 0.5) is 32.0 Å². The number of nitrogens with one attached hydrogen (secondary N) is 2. The summed E-state index contributed by atoms with van der Waals surface area (Å²) in [7, 11) is 1.70. The Kier molecular flexibility index (Phi) is 12.3. The fourth-order valence-corrected chi connectivity index (χ4v) is 5.51. The molecule has 2 heterocycles. The Balaban J connectivity index is 0.000000260. The van der Waals surface area contributed by atoms with Crippen molar-refractivity contribution in [1.29, 1.82) is 16.1 Å². The first-order chi connectivity index (χ1) is 20.8. The van der Waals surface area contributed by atoms with Crippen LogP contribution in [0, 0.1) is 34.0 Å². The van der Waals surface area contributed by atoms with E-state index in [9.17, 15) is 31.1 Å². The van der Waals surface area contributed by atoms with Crippen molar-refractivity contribution in [3.63, 3.8) is 0 Å². The minimum Gasteiger partial charge on any atom is -0.325 e. The summed E-state index contributed by atoms with van der Waals surface area (Å²) in [6.45, 7) is -1.48. The smallest absolute Gasteiger partial charge is 0.325 e. The number of benzene rings is 2. The van der Waals surface area contributed by atoms with E-state index >= 15 is 0 Å². The topological polar surface area (TPSA) is 98.3 Å². The monoisotopic (exact) mass is 622 g/mol. The van der Waals surface area contributed by atoms with Crippen molar-refractivity contribution in [3.05, 3.63) is 64.7 Å². The first-order valence-corrected chi connectivity index (χ1v) is 14.3. The highest BCUT2D eigenvalue weighted by Gasteiger charge is 2.40. The van der Waals surface area contributed by atoms with E-state index in [0.29, 0.717) is 36.0 Å². The maximum atomic E-state index is 13.7. The molecule has 1 amide bonds. The number of alkyl halides is 6. The van der Waals surface area contributed by atoms with Gasteiger partial charge in [0.1, 0.15) is 5.84 Å². The van der Waals surface area contributed by atoms with Crippen LogP contribution in [-0.2, 0) is 19.3 Å². The number of amidine groups is 1. The molecule has 0 unspecified atom stereocenters. The van der Waals surface area contributed by atoms with Gasteiger partial charge in [-0.1, -0.05) is 24.6 Å². The fraction of sp³-hybridized carbons (Fsp3) is 0.484. The molecule has 1 saturated carbocycles. The number of nitriles is 1. The predicted molar refractivity (Wildman–Crippen MR) is 155 cm³/mol. The minimum absolute atomic E-state index is 0.0446. The average molecular weight is 623 g/mol. The van der Waals surface area contributed by atoms with E-state index in [0.717, 1.165) is 45.1 Å². The molecule has 13 heteroatoms. The standard InChI is InChI=1S/C21H21F3N2O.C9H14N4.CHF3/c22-21(23,24)19-12-15(13-25-9-5-2-6-10-25)11-17-18(19)14-26(20(17)27)16-7-3-1-4-8-16;1-13(6-11)9(12)4-7-2-8(3-7)5-10;2-1(3)4/h1,3-4,7-8,11-12H,2,5-6,9-10,13-14H2;6-8,11-12H,2-4H2,1H3;1H. The molecule has 5 rings (SSSR count). The van der Waals surface area contributed by atoms with Crippen LogP contribution in [-0.4, -0.2) is 54.7 Å². The number of rotatable bonds is 6. The van der Waals surface area contributed by atoms with Gasteiger partial charge >= 0.3 is 12.9 Å². The van der Waals surface area contributed by atoms with Crippen LogP contribution in [0.3, 0.4) is 0 Å². The number of nitrogens with zero attached hydrogens (tertiary/aromatic N) is 4. The summed E-state index contributed by atoms with van der Waals surface area (Å²) >= 11 is 0. The van der Waals surface area contributed by atoms with E-state index in [1.54, 1.807) is 37.4 Å². The van der Waals surface area contributed by atoms with Crippen molar-refractivity contribution >= 4 is 23.8 Å². The van der Waals surface area contributed by atoms with Crippen molar-refractivity contribution in [2.75, 3.05) is 25.0 Å². The second-order valence-corrected chi connectivity index (χ2v) is 11.0. The normalized spacial score (nSPS) is 19.4. The number of anilines is 1. The van der Waals surface area contributed by atoms with Crippen molar-refractivity contribution in [2.45, 2.75) is 64.5 Å². The molecule has 3 aliphatic rings. The third-order valence-electron chi connectivity index (χ3n) is 7.85. The second-order valence-electron chi connectivity index (χ2n) is 11.0. The molecule has 2 aromatic rings. The highest BCUT2D eigenvalue weighted by atomic mass is 19.4. The number of carbonyl (C=O) groups excluding carboxylic acids is 1. The van der Waals surface area contributed by atoms with Crippen molar-refractivity contribution in [3.8, 4) is 6.07 Å².